The molecule has 0 aliphatic heterocycles. The molecule has 4 rings (SSSR count). The van der Waals surface area contributed by atoms with E-state index >= 15 is 0 Å². The molecule has 88 valence electrons. The Morgan fingerprint density at radius 3 is 1.81 bits per heavy atom. The number of carbonyl (C=O) groups excluding carboxylic acids is 2. The molecule has 0 spiro atoms. The molecule has 0 amide bonds. The average Bonchev–Trinajstić information content (AvgIpc) is 2.13. The van der Waals surface area contributed by atoms with Gasteiger partial charge < -0.3 is 4.74 Å². The minimum absolute atomic E-state index is 0.237. The van der Waals surface area contributed by atoms with Crippen molar-refractivity contribution in [1.82, 2.24) is 0 Å². The van der Waals surface area contributed by atoms with Crippen LogP contribution in [0.1, 0.15) is 45.4 Å². The van der Waals surface area contributed by atoms with Crippen molar-refractivity contribution < 1.29 is 14.3 Å². The Hall–Kier alpha value is -0.860. The van der Waals surface area contributed by atoms with Gasteiger partial charge in [-0.05, 0) is 56.3 Å². The van der Waals surface area contributed by atoms with E-state index < -0.39 is 5.97 Å². The van der Waals surface area contributed by atoms with Crippen LogP contribution in [0.25, 0.3) is 0 Å². The van der Waals surface area contributed by atoms with E-state index in [0.29, 0.717) is 17.8 Å². The van der Waals surface area contributed by atoms with Crippen LogP contribution in [0.15, 0.2) is 0 Å². The van der Waals surface area contributed by atoms with Crippen molar-refractivity contribution in [2.24, 2.45) is 23.2 Å². The molecule has 0 saturated heterocycles. The van der Waals surface area contributed by atoms with Gasteiger partial charge in [-0.3, -0.25) is 9.59 Å². The van der Waals surface area contributed by atoms with Gasteiger partial charge in [-0.15, -0.1) is 0 Å². The first-order valence-electron chi connectivity index (χ1n) is 6.30. The molecular weight excluding hydrogens is 204 g/mol. The van der Waals surface area contributed by atoms with E-state index in [-0.39, 0.29) is 11.4 Å². The van der Waals surface area contributed by atoms with Crippen molar-refractivity contribution >= 4 is 11.9 Å². The number of carbonyl (C=O) groups is 2. The minimum atomic E-state index is -0.458. The van der Waals surface area contributed by atoms with Crippen LogP contribution < -0.4 is 0 Å². The number of hydrogen-bond acceptors (Lipinski definition) is 3. The number of esters is 2. The fraction of sp³-hybridized carbons (Fsp3) is 0.846. The lowest BCUT2D eigenvalue weighted by atomic mass is 9.49. The predicted molar refractivity (Wildman–Crippen MR) is 57.4 cm³/mol. The summed E-state index contributed by atoms with van der Waals surface area (Å²) in [6, 6.07) is 0. The zero-order valence-electron chi connectivity index (χ0n) is 9.70. The van der Waals surface area contributed by atoms with Crippen LogP contribution in [0.4, 0.5) is 0 Å². The molecule has 4 saturated carbocycles. The van der Waals surface area contributed by atoms with Crippen molar-refractivity contribution in [3.8, 4) is 0 Å². The van der Waals surface area contributed by atoms with E-state index in [4.69, 9.17) is 4.74 Å². The molecule has 0 aromatic rings. The first-order valence-corrected chi connectivity index (χ1v) is 6.30. The molecule has 0 atom stereocenters. The molecular formula is C13H18O3. The lowest BCUT2D eigenvalue weighted by molar-refractivity contribution is -0.177. The monoisotopic (exact) mass is 222 g/mol. The van der Waals surface area contributed by atoms with E-state index in [0.717, 1.165) is 19.3 Å². The highest BCUT2D eigenvalue weighted by Gasteiger charge is 2.55. The van der Waals surface area contributed by atoms with Gasteiger partial charge in [0.05, 0.1) is 5.41 Å². The van der Waals surface area contributed by atoms with E-state index in [1.54, 1.807) is 0 Å². The van der Waals surface area contributed by atoms with Gasteiger partial charge in [-0.25, -0.2) is 0 Å². The summed E-state index contributed by atoms with van der Waals surface area (Å²) >= 11 is 0. The average molecular weight is 222 g/mol. The van der Waals surface area contributed by atoms with Gasteiger partial charge in [-0.1, -0.05) is 0 Å². The molecule has 0 N–H and O–H groups in total. The zero-order valence-corrected chi connectivity index (χ0v) is 9.70. The summed E-state index contributed by atoms with van der Waals surface area (Å²) in [5.74, 6) is 1.45. The van der Waals surface area contributed by atoms with Gasteiger partial charge in [0.25, 0.3) is 0 Å². The summed E-state index contributed by atoms with van der Waals surface area (Å²) in [6.07, 6.45) is 6.78. The molecule has 4 aliphatic carbocycles. The summed E-state index contributed by atoms with van der Waals surface area (Å²) < 4.78 is 4.86. The molecule has 16 heavy (non-hydrogen) atoms. The van der Waals surface area contributed by atoms with Crippen LogP contribution in [0, 0.1) is 23.2 Å². The Labute approximate surface area is 95.5 Å². The van der Waals surface area contributed by atoms with Gasteiger partial charge in [-0.2, -0.15) is 0 Å². The third kappa shape index (κ3) is 1.48. The SMILES string of the molecule is CC(=O)OC(=O)C12CC3CC(CC(C3)C1)C2. The first kappa shape index (κ1) is 10.3. The maximum atomic E-state index is 12.1. The molecule has 0 unspecified atom stereocenters. The maximum Gasteiger partial charge on any atom is 0.319 e. The molecule has 0 heterocycles. The topological polar surface area (TPSA) is 43.4 Å². The van der Waals surface area contributed by atoms with Crippen LogP contribution in [-0.4, -0.2) is 11.9 Å². The summed E-state index contributed by atoms with van der Waals surface area (Å²) in [5, 5.41) is 0. The van der Waals surface area contributed by atoms with Crippen molar-refractivity contribution in [3.63, 3.8) is 0 Å². The number of hydrogen-bond donors (Lipinski definition) is 0. The second kappa shape index (κ2) is 3.31. The quantitative estimate of drug-likeness (QED) is 0.505. The third-order valence-electron chi connectivity index (χ3n) is 4.71. The van der Waals surface area contributed by atoms with Crippen LogP contribution >= 0.6 is 0 Å². The lowest BCUT2D eigenvalue weighted by Crippen LogP contribution is -2.50. The summed E-state index contributed by atoms with van der Waals surface area (Å²) in [4.78, 5) is 23.0. The van der Waals surface area contributed by atoms with Crippen molar-refractivity contribution in [2.45, 2.75) is 45.4 Å². The standard InChI is InChI=1S/C13H18O3/c1-8(14)16-12(15)13-5-9-2-10(6-13)4-11(3-9)7-13/h9-11H,2-7H2,1H3. The smallest absolute Gasteiger partial charge is 0.319 e. The van der Waals surface area contributed by atoms with E-state index in [1.165, 1.54) is 26.2 Å². The highest BCUT2D eigenvalue weighted by molar-refractivity contribution is 5.88. The van der Waals surface area contributed by atoms with E-state index in [1.807, 2.05) is 0 Å². The van der Waals surface area contributed by atoms with Gasteiger partial charge in [0.2, 0.25) is 0 Å². The molecule has 4 bridgehead atoms. The second-order valence-electron chi connectivity index (χ2n) is 6.08. The number of rotatable bonds is 1. The minimum Gasteiger partial charge on any atom is -0.393 e. The van der Waals surface area contributed by atoms with Crippen molar-refractivity contribution in [3.05, 3.63) is 0 Å². The maximum absolute atomic E-state index is 12.1. The van der Waals surface area contributed by atoms with E-state index in [2.05, 4.69) is 0 Å². The van der Waals surface area contributed by atoms with Crippen molar-refractivity contribution in [1.29, 1.82) is 0 Å². The van der Waals surface area contributed by atoms with Gasteiger partial charge in [0, 0.05) is 6.92 Å². The molecule has 4 fully saturated rings. The number of ether oxygens (including phenoxy) is 1. The Morgan fingerprint density at radius 1 is 1.00 bits per heavy atom. The predicted octanol–water partition coefficient (Wildman–Crippen LogP) is 2.29. The van der Waals surface area contributed by atoms with Crippen LogP contribution in [-0.2, 0) is 14.3 Å². The second-order valence-corrected chi connectivity index (χ2v) is 6.08. The molecule has 3 nitrogen and oxygen atoms in total. The highest BCUT2D eigenvalue weighted by atomic mass is 16.6. The molecule has 0 aromatic heterocycles. The fourth-order valence-electron chi connectivity index (χ4n) is 4.60. The summed E-state index contributed by atoms with van der Waals surface area (Å²) in [5.41, 5.74) is -0.291. The summed E-state index contributed by atoms with van der Waals surface area (Å²) in [7, 11) is 0. The van der Waals surface area contributed by atoms with Gasteiger partial charge >= 0.3 is 11.9 Å². The van der Waals surface area contributed by atoms with Crippen LogP contribution in [0.5, 0.6) is 0 Å². The van der Waals surface area contributed by atoms with Crippen molar-refractivity contribution in [2.75, 3.05) is 0 Å². The molecule has 4 aliphatic rings. The molecule has 0 aromatic carbocycles. The lowest BCUT2D eigenvalue weighted by Gasteiger charge is -2.54. The highest BCUT2D eigenvalue weighted by Crippen LogP contribution is 2.60. The molecule has 0 radical (unpaired) electrons. The Morgan fingerprint density at radius 2 is 1.44 bits per heavy atom. The Bertz CT molecular complexity index is 310. The Balaban J connectivity index is 1.83. The Kier molecular flexibility index (Phi) is 2.13. The zero-order chi connectivity index (χ0) is 11.3. The largest absolute Gasteiger partial charge is 0.393 e. The fourth-order valence-corrected chi connectivity index (χ4v) is 4.60. The normalized spacial score (nSPS) is 44.4. The van der Waals surface area contributed by atoms with Gasteiger partial charge in [0.15, 0.2) is 0 Å². The van der Waals surface area contributed by atoms with E-state index in [9.17, 15) is 9.59 Å². The van der Waals surface area contributed by atoms with Crippen LogP contribution in [0.2, 0.25) is 0 Å². The first-order chi connectivity index (χ1) is 7.57. The molecule has 3 heteroatoms. The summed E-state index contributed by atoms with van der Waals surface area (Å²) in [6.45, 7) is 1.32. The van der Waals surface area contributed by atoms with Gasteiger partial charge in [0.1, 0.15) is 0 Å². The van der Waals surface area contributed by atoms with Crippen LogP contribution in [0.3, 0.4) is 0 Å². The third-order valence-corrected chi connectivity index (χ3v) is 4.71.